The topological polar surface area (TPSA) is 12.0 Å². The van der Waals surface area contributed by atoms with Crippen molar-refractivity contribution >= 4 is 11.6 Å². The van der Waals surface area contributed by atoms with Crippen LogP contribution in [0.3, 0.4) is 0 Å². The maximum Gasteiger partial charge on any atom is 0.389 e. The highest BCUT2D eigenvalue weighted by Gasteiger charge is 2.27. The SMILES string of the molecule is CCNC(CCCC(F)(F)F)c1ccc(F)cc1Cl. The Morgan fingerprint density at radius 2 is 2.00 bits per heavy atom. The summed E-state index contributed by atoms with van der Waals surface area (Å²) in [5.74, 6) is -0.459. The molecule has 1 aromatic rings. The fourth-order valence-electron chi connectivity index (χ4n) is 1.90. The molecule has 0 aliphatic rings. The van der Waals surface area contributed by atoms with Crippen LogP contribution in [-0.4, -0.2) is 12.7 Å². The molecule has 0 aliphatic carbocycles. The molecule has 0 heterocycles. The van der Waals surface area contributed by atoms with Crippen LogP contribution in [0, 0.1) is 5.82 Å². The molecular formula is C13H16ClF4N. The Hall–Kier alpha value is -0.810. The highest BCUT2D eigenvalue weighted by atomic mass is 35.5. The molecule has 0 fully saturated rings. The molecule has 0 saturated heterocycles. The van der Waals surface area contributed by atoms with Gasteiger partial charge in [-0.25, -0.2) is 4.39 Å². The molecule has 0 bridgehead atoms. The lowest BCUT2D eigenvalue weighted by atomic mass is 10.0. The van der Waals surface area contributed by atoms with Gasteiger partial charge in [0.15, 0.2) is 0 Å². The summed E-state index contributed by atoms with van der Waals surface area (Å²) in [4.78, 5) is 0. The Bertz CT molecular complexity index is 406. The first-order valence-corrected chi connectivity index (χ1v) is 6.46. The molecule has 0 aromatic heterocycles. The van der Waals surface area contributed by atoms with Gasteiger partial charge in [-0.15, -0.1) is 0 Å². The molecular weight excluding hydrogens is 282 g/mol. The average Bonchev–Trinajstić information content (AvgIpc) is 2.26. The molecule has 0 radical (unpaired) electrons. The molecule has 1 atom stereocenters. The Kier molecular flexibility index (Phi) is 6.07. The summed E-state index contributed by atoms with van der Waals surface area (Å²) >= 11 is 5.93. The predicted octanol–water partition coefficient (Wildman–Crippen LogP) is 4.86. The van der Waals surface area contributed by atoms with Crippen molar-refractivity contribution in [1.82, 2.24) is 5.32 Å². The van der Waals surface area contributed by atoms with Crippen molar-refractivity contribution in [3.8, 4) is 0 Å². The smallest absolute Gasteiger partial charge is 0.310 e. The minimum absolute atomic E-state index is 0.00880. The van der Waals surface area contributed by atoms with Crippen LogP contribution >= 0.6 is 11.6 Å². The van der Waals surface area contributed by atoms with Crippen LogP contribution in [0.15, 0.2) is 18.2 Å². The van der Waals surface area contributed by atoms with Crippen LogP contribution in [0.5, 0.6) is 0 Å². The summed E-state index contributed by atoms with van der Waals surface area (Å²) in [5, 5.41) is 3.31. The summed E-state index contributed by atoms with van der Waals surface area (Å²) in [6, 6.07) is 3.65. The zero-order valence-electron chi connectivity index (χ0n) is 10.5. The normalized spacial score (nSPS) is 13.6. The summed E-state index contributed by atoms with van der Waals surface area (Å²) in [6.07, 6.45) is -4.66. The quantitative estimate of drug-likeness (QED) is 0.739. The van der Waals surface area contributed by atoms with E-state index in [9.17, 15) is 17.6 Å². The van der Waals surface area contributed by atoms with Gasteiger partial charge in [0.05, 0.1) is 0 Å². The van der Waals surface area contributed by atoms with Crippen molar-refractivity contribution in [3.05, 3.63) is 34.6 Å². The third kappa shape index (κ3) is 5.78. The standard InChI is InChI=1S/C13H16ClF4N/c1-2-19-12(4-3-7-13(16,17)18)10-6-5-9(15)8-11(10)14/h5-6,8,12,19H,2-4,7H2,1H3. The van der Waals surface area contributed by atoms with Crippen molar-refractivity contribution in [1.29, 1.82) is 0 Å². The molecule has 0 saturated carbocycles. The Labute approximate surface area is 115 Å². The fraction of sp³-hybridized carbons (Fsp3) is 0.538. The number of nitrogens with one attached hydrogen (secondary N) is 1. The zero-order valence-corrected chi connectivity index (χ0v) is 11.3. The van der Waals surface area contributed by atoms with Gasteiger partial charge < -0.3 is 5.32 Å². The van der Waals surface area contributed by atoms with Crippen molar-refractivity contribution in [2.75, 3.05) is 6.54 Å². The summed E-state index contributed by atoms with van der Waals surface area (Å²) in [6.45, 7) is 2.46. The third-order valence-electron chi connectivity index (χ3n) is 2.74. The lowest BCUT2D eigenvalue weighted by Gasteiger charge is -2.20. The third-order valence-corrected chi connectivity index (χ3v) is 3.07. The average molecular weight is 298 g/mol. The van der Waals surface area contributed by atoms with E-state index in [-0.39, 0.29) is 17.5 Å². The molecule has 19 heavy (non-hydrogen) atoms. The predicted molar refractivity (Wildman–Crippen MR) is 67.7 cm³/mol. The zero-order chi connectivity index (χ0) is 14.5. The van der Waals surface area contributed by atoms with Crippen LogP contribution in [0.2, 0.25) is 5.02 Å². The van der Waals surface area contributed by atoms with Gasteiger partial charge in [-0.3, -0.25) is 0 Å². The summed E-state index contributed by atoms with van der Waals surface area (Å²) in [7, 11) is 0. The van der Waals surface area contributed by atoms with E-state index in [1.165, 1.54) is 18.2 Å². The molecule has 1 nitrogen and oxygen atoms in total. The summed E-state index contributed by atoms with van der Waals surface area (Å²) in [5.41, 5.74) is 0.632. The van der Waals surface area contributed by atoms with E-state index in [1.807, 2.05) is 6.92 Å². The van der Waals surface area contributed by atoms with Crippen LogP contribution in [0.1, 0.15) is 37.8 Å². The molecule has 6 heteroatoms. The lowest BCUT2D eigenvalue weighted by molar-refractivity contribution is -0.135. The lowest BCUT2D eigenvalue weighted by Crippen LogP contribution is -2.22. The first kappa shape index (κ1) is 16.2. The van der Waals surface area contributed by atoms with Crippen molar-refractivity contribution < 1.29 is 17.6 Å². The fourth-order valence-corrected chi connectivity index (χ4v) is 2.20. The minimum Gasteiger partial charge on any atom is -0.310 e. The van der Waals surface area contributed by atoms with Gasteiger partial charge in [-0.1, -0.05) is 24.6 Å². The number of hydrogen-bond acceptors (Lipinski definition) is 1. The van der Waals surface area contributed by atoms with E-state index in [2.05, 4.69) is 5.32 Å². The molecule has 1 N–H and O–H groups in total. The van der Waals surface area contributed by atoms with E-state index >= 15 is 0 Å². The van der Waals surface area contributed by atoms with Crippen molar-refractivity contribution in [3.63, 3.8) is 0 Å². The highest BCUT2D eigenvalue weighted by molar-refractivity contribution is 6.31. The monoisotopic (exact) mass is 297 g/mol. The number of hydrogen-bond donors (Lipinski definition) is 1. The van der Waals surface area contributed by atoms with Gasteiger partial charge in [-0.2, -0.15) is 13.2 Å². The molecule has 1 aromatic carbocycles. The first-order chi connectivity index (χ1) is 8.83. The van der Waals surface area contributed by atoms with E-state index < -0.39 is 18.4 Å². The Morgan fingerprint density at radius 1 is 1.32 bits per heavy atom. The van der Waals surface area contributed by atoms with Gasteiger partial charge in [-0.05, 0) is 37.1 Å². The van der Waals surface area contributed by atoms with Gasteiger partial charge in [0.25, 0.3) is 0 Å². The summed E-state index contributed by atoms with van der Waals surface area (Å²) < 4.78 is 49.3. The van der Waals surface area contributed by atoms with Crippen LogP contribution < -0.4 is 5.32 Å². The second-order valence-electron chi connectivity index (χ2n) is 4.28. The minimum atomic E-state index is -4.15. The molecule has 108 valence electrons. The van der Waals surface area contributed by atoms with Crippen LogP contribution in [0.4, 0.5) is 17.6 Å². The Morgan fingerprint density at radius 3 is 2.53 bits per heavy atom. The van der Waals surface area contributed by atoms with E-state index in [0.29, 0.717) is 18.5 Å². The molecule has 1 rings (SSSR count). The van der Waals surface area contributed by atoms with E-state index in [0.717, 1.165) is 0 Å². The number of alkyl halides is 3. The van der Waals surface area contributed by atoms with Gasteiger partial charge in [0.2, 0.25) is 0 Å². The Balaban J connectivity index is 2.71. The van der Waals surface area contributed by atoms with Crippen LogP contribution in [-0.2, 0) is 0 Å². The molecule has 0 aliphatic heterocycles. The largest absolute Gasteiger partial charge is 0.389 e. The van der Waals surface area contributed by atoms with Gasteiger partial charge >= 0.3 is 6.18 Å². The first-order valence-electron chi connectivity index (χ1n) is 6.08. The highest BCUT2D eigenvalue weighted by Crippen LogP contribution is 2.30. The van der Waals surface area contributed by atoms with Crippen molar-refractivity contribution in [2.24, 2.45) is 0 Å². The molecule has 0 spiro atoms. The van der Waals surface area contributed by atoms with Crippen molar-refractivity contribution in [2.45, 2.75) is 38.4 Å². The maximum absolute atomic E-state index is 13.0. The molecule has 1 unspecified atom stereocenters. The maximum atomic E-state index is 13.0. The van der Waals surface area contributed by atoms with E-state index in [4.69, 9.17) is 11.6 Å². The number of rotatable bonds is 6. The van der Waals surface area contributed by atoms with Gasteiger partial charge in [0.1, 0.15) is 5.82 Å². The second-order valence-corrected chi connectivity index (χ2v) is 4.69. The second kappa shape index (κ2) is 7.10. The molecule has 0 amide bonds. The van der Waals surface area contributed by atoms with E-state index in [1.54, 1.807) is 0 Å². The van der Waals surface area contributed by atoms with Crippen LogP contribution in [0.25, 0.3) is 0 Å². The number of halogens is 5. The van der Waals surface area contributed by atoms with Gasteiger partial charge in [0, 0.05) is 17.5 Å². The number of benzene rings is 1.